The summed E-state index contributed by atoms with van der Waals surface area (Å²) in [6.07, 6.45) is 0.923. The smallest absolute Gasteiger partial charge is 0.274 e. The Kier molecular flexibility index (Phi) is 5.03. The lowest BCUT2D eigenvalue weighted by molar-refractivity contribution is 0.0941. The molecule has 0 radical (unpaired) electrons. The van der Waals surface area contributed by atoms with E-state index in [2.05, 4.69) is 10.3 Å². The Hall–Kier alpha value is -2.68. The summed E-state index contributed by atoms with van der Waals surface area (Å²) in [4.78, 5) is 15.9. The van der Waals surface area contributed by atoms with E-state index in [1.54, 1.807) is 0 Å². The van der Waals surface area contributed by atoms with Gasteiger partial charge in [0.15, 0.2) is 32.1 Å². The van der Waals surface area contributed by atoms with Gasteiger partial charge in [-0.2, -0.15) is 0 Å². The molecule has 1 aromatic heterocycles. The third kappa shape index (κ3) is 3.99. The van der Waals surface area contributed by atoms with Gasteiger partial charge in [-0.3, -0.25) is 4.79 Å². The third-order valence-corrected chi connectivity index (χ3v) is 4.08. The molecule has 0 atom stereocenters. The summed E-state index contributed by atoms with van der Waals surface area (Å²) in [5.74, 6) is -1.95. The second-order valence-corrected chi connectivity index (χ2v) is 6.90. The molecule has 1 heterocycles. The van der Waals surface area contributed by atoms with Crippen molar-refractivity contribution in [1.29, 1.82) is 0 Å². The Morgan fingerprint density at radius 2 is 1.96 bits per heavy atom. The number of halogens is 1. The summed E-state index contributed by atoms with van der Waals surface area (Å²) in [7, 11) is -2.48. The van der Waals surface area contributed by atoms with Crippen LogP contribution in [0.1, 0.15) is 16.1 Å². The van der Waals surface area contributed by atoms with Gasteiger partial charge in [-0.1, -0.05) is 12.1 Å². The molecular formula is C15H15FN2O5S. The molecule has 0 aliphatic carbocycles. The number of hydrogen-bond donors (Lipinski definition) is 2. The first kappa shape index (κ1) is 17.7. The van der Waals surface area contributed by atoms with Gasteiger partial charge < -0.3 is 15.2 Å². The fraction of sp³-hybridized carbons (Fsp3) is 0.200. The van der Waals surface area contributed by atoms with Gasteiger partial charge in [0.25, 0.3) is 5.91 Å². The van der Waals surface area contributed by atoms with Gasteiger partial charge in [0, 0.05) is 18.9 Å². The molecule has 7 nitrogen and oxygen atoms in total. The van der Waals surface area contributed by atoms with Crippen molar-refractivity contribution in [3.63, 3.8) is 0 Å². The van der Waals surface area contributed by atoms with Crippen molar-refractivity contribution in [2.24, 2.45) is 0 Å². The second kappa shape index (κ2) is 6.83. The zero-order valence-electron chi connectivity index (χ0n) is 12.9. The van der Waals surface area contributed by atoms with Crippen molar-refractivity contribution in [2.45, 2.75) is 11.6 Å². The monoisotopic (exact) mass is 354 g/mol. The highest BCUT2D eigenvalue weighted by Crippen LogP contribution is 2.30. The molecule has 0 saturated carbocycles. The number of benzene rings is 1. The summed E-state index contributed by atoms with van der Waals surface area (Å²) in [5.41, 5.74) is 0.146. The number of carbonyl (C=O) groups is 1. The Morgan fingerprint density at radius 3 is 2.50 bits per heavy atom. The number of rotatable bonds is 5. The van der Waals surface area contributed by atoms with Crippen molar-refractivity contribution < 1.29 is 27.4 Å². The van der Waals surface area contributed by atoms with Gasteiger partial charge in [-0.15, -0.1) is 0 Å². The lowest BCUT2D eigenvalue weighted by Crippen LogP contribution is -2.24. The number of carbonyl (C=O) groups excluding carboxylic acids is 1. The van der Waals surface area contributed by atoms with Gasteiger partial charge in [-0.05, 0) is 17.7 Å². The predicted molar refractivity (Wildman–Crippen MR) is 83.1 cm³/mol. The number of methoxy groups -OCH3 is 1. The van der Waals surface area contributed by atoms with Gasteiger partial charge in [0.1, 0.15) is 5.82 Å². The number of amides is 1. The number of nitrogens with zero attached hydrogens (tertiary/aromatic N) is 1. The molecule has 2 N–H and O–H groups in total. The van der Waals surface area contributed by atoms with E-state index in [0.717, 1.165) is 12.3 Å². The van der Waals surface area contributed by atoms with E-state index in [9.17, 15) is 22.7 Å². The number of aromatic nitrogens is 1. The molecule has 2 aromatic rings. The zero-order chi connectivity index (χ0) is 17.9. The minimum Gasteiger partial charge on any atom is -0.503 e. The Balaban J connectivity index is 2.29. The summed E-state index contributed by atoms with van der Waals surface area (Å²) < 4.78 is 41.0. The van der Waals surface area contributed by atoms with Crippen molar-refractivity contribution in [1.82, 2.24) is 10.3 Å². The van der Waals surface area contributed by atoms with E-state index in [1.165, 1.54) is 31.4 Å². The highest BCUT2D eigenvalue weighted by Gasteiger charge is 2.22. The molecule has 24 heavy (non-hydrogen) atoms. The van der Waals surface area contributed by atoms with Crippen LogP contribution in [0, 0.1) is 5.82 Å². The summed E-state index contributed by atoms with van der Waals surface area (Å²) in [6.45, 7) is 0.0473. The van der Waals surface area contributed by atoms with E-state index in [-0.39, 0.29) is 12.3 Å². The van der Waals surface area contributed by atoms with Gasteiger partial charge in [0.05, 0.1) is 7.11 Å². The maximum absolute atomic E-state index is 12.8. The zero-order valence-corrected chi connectivity index (χ0v) is 13.7. The summed E-state index contributed by atoms with van der Waals surface area (Å²) in [5, 5.41) is 12.1. The summed E-state index contributed by atoms with van der Waals surface area (Å²) >= 11 is 0. The Bertz CT molecular complexity index is 866. The highest BCUT2D eigenvalue weighted by molar-refractivity contribution is 7.90. The Morgan fingerprint density at radius 1 is 1.33 bits per heavy atom. The third-order valence-electron chi connectivity index (χ3n) is 3.12. The normalized spacial score (nSPS) is 11.1. The van der Waals surface area contributed by atoms with E-state index >= 15 is 0 Å². The molecule has 9 heteroatoms. The molecule has 1 amide bonds. The van der Waals surface area contributed by atoms with Crippen LogP contribution in [0.25, 0.3) is 0 Å². The topological polar surface area (TPSA) is 106 Å². The van der Waals surface area contributed by atoms with Gasteiger partial charge in [-0.25, -0.2) is 17.8 Å². The van der Waals surface area contributed by atoms with E-state index in [4.69, 9.17) is 4.74 Å². The average molecular weight is 354 g/mol. The molecule has 1 aromatic carbocycles. The maximum atomic E-state index is 12.8. The first-order valence-corrected chi connectivity index (χ1v) is 8.62. The van der Waals surface area contributed by atoms with Crippen molar-refractivity contribution in [2.75, 3.05) is 13.4 Å². The molecule has 0 saturated heterocycles. The number of aromatic hydroxyl groups is 1. The van der Waals surface area contributed by atoms with Crippen LogP contribution in [-0.2, 0) is 16.4 Å². The fourth-order valence-corrected chi connectivity index (χ4v) is 2.44. The standard InChI is InChI=1S/C15H15FN2O5S/c1-23-11-7-12(24(2,21)22)18-13(14(11)19)15(20)17-8-9-3-5-10(16)6-4-9/h3-7,19H,8H2,1-2H3,(H,17,20). The van der Waals surface area contributed by atoms with E-state index < -0.39 is 38.0 Å². The first-order chi connectivity index (χ1) is 11.2. The predicted octanol–water partition coefficient (Wildman–Crippen LogP) is 1.27. The molecular weight excluding hydrogens is 339 g/mol. The van der Waals surface area contributed by atoms with Gasteiger partial charge in [0.2, 0.25) is 0 Å². The minimum atomic E-state index is -3.70. The first-order valence-electron chi connectivity index (χ1n) is 6.73. The number of sulfone groups is 1. The second-order valence-electron chi connectivity index (χ2n) is 4.94. The van der Waals surface area contributed by atoms with Crippen LogP contribution >= 0.6 is 0 Å². The Labute approximate surface area is 138 Å². The highest BCUT2D eigenvalue weighted by atomic mass is 32.2. The SMILES string of the molecule is COc1cc(S(C)(=O)=O)nc(C(=O)NCc2ccc(F)cc2)c1O. The molecule has 0 spiro atoms. The van der Waals surface area contributed by atoms with Crippen LogP contribution in [-0.4, -0.2) is 37.8 Å². The molecule has 0 fully saturated rings. The molecule has 0 unspecified atom stereocenters. The van der Waals surface area contributed by atoms with Crippen LogP contribution < -0.4 is 10.1 Å². The lowest BCUT2D eigenvalue weighted by Gasteiger charge is -2.11. The number of hydrogen-bond acceptors (Lipinski definition) is 6. The van der Waals surface area contributed by atoms with Gasteiger partial charge >= 0.3 is 0 Å². The molecule has 0 aliphatic rings. The van der Waals surface area contributed by atoms with Crippen LogP contribution in [0.15, 0.2) is 35.4 Å². The van der Waals surface area contributed by atoms with Crippen molar-refractivity contribution >= 4 is 15.7 Å². The van der Waals surface area contributed by atoms with Crippen LogP contribution in [0.3, 0.4) is 0 Å². The van der Waals surface area contributed by atoms with Crippen LogP contribution in [0.2, 0.25) is 0 Å². The number of ether oxygens (including phenoxy) is 1. The number of nitrogens with one attached hydrogen (secondary N) is 1. The molecule has 128 valence electrons. The van der Waals surface area contributed by atoms with Crippen molar-refractivity contribution in [3.05, 3.63) is 47.4 Å². The maximum Gasteiger partial charge on any atom is 0.274 e. The molecule has 0 bridgehead atoms. The average Bonchev–Trinajstić information content (AvgIpc) is 2.53. The summed E-state index contributed by atoms with van der Waals surface area (Å²) in [6, 6.07) is 6.48. The van der Waals surface area contributed by atoms with E-state index in [1.807, 2.05) is 0 Å². The quantitative estimate of drug-likeness (QED) is 0.838. The molecule has 0 aliphatic heterocycles. The largest absolute Gasteiger partial charge is 0.503 e. The van der Waals surface area contributed by atoms with Crippen LogP contribution in [0.4, 0.5) is 4.39 Å². The van der Waals surface area contributed by atoms with Crippen molar-refractivity contribution in [3.8, 4) is 11.5 Å². The molecule has 2 rings (SSSR count). The van der Waals surface area contributed by atoms with E-state index in [0.29, 0.717) is 5.56 Å². The van der Waals surface area contributed by atoms with Crippen LogP contribution in [0.5, 0.6) is 11.5 Å². The lowest BCUT2D eigenvalue weighted by atomic mass is 10.2. The minimum absolute atomic E-state index is 0.0473. The fourth-order valence-electron chi connectivity index (χ4n) is 1.86. The number of pyridine rings is 1.